The fraction of sp³-hybridized carbons (Fsp3) is 0.300. The van der Waals surface area contributed by atoms with E-state index in [1.54, 1.807) is 0 Å². The molecule has 1 rings (SSSR count). The van der Waals surface area contributed by atoms with Gasteiger partial charge in [-0.25, -0.2) is 0 Å². The Balaban J connectivity index is 2.36. The largest absolute Gasteiger partial charge is 0.368 e. The van der Waals surface area contributed by atoms with Crippen molar-refractivity contribution in [3.8, 4) is 0 Å². The van der Waals surface area contributed by atoms with Crippen molar-refractivity contribution in [1.29, 1.82) is 0 Å². The summed E-state index contributed by atoms with van der Waals surface area (Å²) in [6, 6.07) is 7.71. The Labute approximate surface area is 109 Å². The van der Waals surface area contributed by atoms with Gasteiger partial charge in [0.25, 0.3) is 9.70 Å². The van der Waals surface area contributed by atoms with Gasteiger partial charge in [0, 0.05) is 5.69 Å². The number of hydrogen-bond acceptors (Lipinski definition) is 2. The average Bonchev–Trinajstić information content (AvgIpc) is 2.19. The summed E-state index contributed by atoms with van der Waals surface area (Å²) in [5.41, 5.74) is 2.05. The highest BCUT2D eigenvalue weighted by Gasteiger charge is 2.29. The number of amides is 1. The van der Waals surface area contributed by atoms with E-state index >= 15 is 0 Å². The number of hydrogen-bond donors (Lipinski definition) is 2. The van der Waals surface area contributed by atoms with E-state index < -0.39 is 9.70 Å². The Hall–Kier alpha value is -0.640. The molecular weight excluding hydrogens is 270 g/mol. The van der Waals surface area contributed by atoms with Crippen LogP contribution >= 0.6 is 34.8 Å². The highest BCUT2D eigenvalue weighted by atomic mass is 35.6. The van der Waals surface area contributed by atoms with Crippen molar-refractivity contribution in [2.45, 2.75) is 10.7 Å². The maximum atomic E-state index is 11.2. The number of alkyl halides is 3. The van der Waals surface area contributed by atoms with Crippen LogP contribution in [0.5, 0.6) is 0 Å². The van der Waals surface area contributed by atoms with Crippen LogP contribution < -0.4 is 10.6 Å². The van der Waals surface area contributed by atoms with Gasteiger partial charge < -0.3 is 10.6 Å². The fourth-order valence-corrected chi connectivity index (χ4v) is 1.20. The number of nitrogens with one attached hydrogen (secondary N) is 2. The predicted octanol–water partition coefficient (Wildman–Crippen LogP) is 2.85. The minimum Gasteiger partial charge on any atom is -0.368 e. The molecule has 0 bridgehead atoms. The summed E-state index contributed by atoms with van der Waals surface area (Å²) in [7, 11) is 0. The molecule has 1 amide bonds. The van der Waals surface area contributed by atoms with Crippen LogP contribution in [0.15, 0.2) is 24.3 Å². The molecule has 0 aliphatic carbocycles. The van der Waals surface area contributed by atoms with Crippen LogP contribution in [0.3, 0.4) is 0 Å². The average molecular weight is 282 g/mol. The molecule has 1 aromatic rings. The molecule has 0 radical (unpaired) electrons. The molecule has 0 saturated heterocycles. The molecular formula is C10H11Cl3N2O. The molecule has 2 N–H and O–H groups in total. The number of carbonyl (C=O) groups is 1. The smallest absolute Gasteiger partial charge is 0.273 e. The molecule has 0 aromatic heterocycles. The van der Waals surface area contributed by atoms with Gasteiger partial charge in [-0.15, -0.1) is 0 Å². The Kier molecular flexibility index (Phi) is 4.71. The van der Waals surface area contributed by atoms with Gasteiger partial charge in [0.05, 0.1) is 6.67 Å². The standard InChI is InChI=1S/C10H11Cl3N2O/c1-7-2-4-8(5-3-7)14-6-15-9(16)10(11,12)13/h2-5,14H,6H2,1H3,(H,15,16). The van der Waals surface area contributed by atoms with Gasteiger partial charge in [-0.2, -0.15) is 0 Å². The highest BCUT2D eigenvalue weighted by Crippen LogP contribution is 2.25. The summed E-state index contributed by atoms with van der Waals surface area (Å²) in [5, 5.41) is 5.41. The van der Waals surface area contributed by atoms with Gasteiger partial charge in [-0.05, 0) is 19.1 Å². The molecule has 0 fully saturated rings. The minimum absolute atomic E-state index is 0.204. The molecule has 1 aromatic carbocycles. The summed E-state index contributed by atoms with van der Waals surface area (Å²) in [5.74, 6) is -0.655. The lowest BCUT2D eigenvalue weighted by molar-refractivity contribution is -0.120. The first kappa shape index (κ1) is 13.4. The molecule has 0 atom stereocenters. The summed E-state index contributed by atoms with van der Waals surface area (Å²) in [4.78, 5) is 11.2. The Morgan fingerprint density at radius 3 is 2.31 bits per heavy atom. The van der Waals surface area contributed by atoms with Crippen molar-refractivity contribution < 1.29 is 4.79 Å². The molecule has 0 aliphatic rings. The van der Waals surface area contributed by atoms with Crippen molar-refractivity contribution in [2.75, 3.05) is 12.0 Å². The number of anilines is 1. The van der Waals surface area contributed by atoms with Gasteiger partial charge in [0.1, 0.15) is 0 Å². The molecule has 0 heterocycles. The van der Waals surface area contributed by atoms with Gasteiger partial charge >= 0.3 is 0 Å². The summed E-state index contributed by atoms with van der Waals surface area (Å²) in [6.45, 7) is 2.20. The van der Waals surface area contributed by atoms with Crippen LogP contribution in [0.4, 0.5) is 5.69 Å². The van der Waals surface area contributed by atoms with Crippen molar-refractivity contribution in [3.05, 3.63) is 29.8 Å². The number of benzene rings is 1. The predicted molar refractivity (Wildman–Crippen MR) is 68.1 cm³/mol. The molecule has 88 valence electrons. The lowest BCUT2D eigenvalue weighted by Gasteiger charge is -2.12. The summed E-state index contributed by atoms with van der Waals surface area (Å²) >= 11 is 16.1. The fourth-order valence-electron chi connectivity index (χ4n) is 0.998. The third-order valence-corrected chi connectivity index (χ3v) is 2.37. The zero-order valence-corrected chi connectivity index (χ0v) is 10.8. The SMILES string of the molecule is Cc1ccc(NCNC(=O)C(Cl)(Cl)Cl)cc1. The molecule has 0 unspecified atom stereocenters. The minimum atomic E-state index is -1.92. The topological polar surface area (TPSA) is 41.1 Å². The van der Waals surface area contributed by atoms with Gasteiger partial charge in [0.15, 0.2) is 0 Å². The van der Waals surface area contributed by atoms with E-state index in [0.29, 0.717) is 0 Å². The second-order valence-electron chi connectivity index (χ2n) is 3.22. The van der Waals surface area contributed by atoms with Gasteiger partial charge in [-0.3, -0.25) is 4.79 Å². The molecule has 0 saturated carbocycles. The maximum Gasteiger partial charge on any atom is 0.273 e. The number of aryl methyl sites for hydroxylation is 1. The monoisotopic (exact) mass is 280 g/mol. The van der Waals surface area contributed by atoms with Crippen molar-refractivity contribution in [2.24, 2.45) is 0 Å². The first-order chi connectivity index (χ1) is 7.39. The first-order valence-corrected chi connectivity index (χ1v) is 5.68. The van der Waals surface area contributed by atoms with E-state index in [-0.39, 0.29) is 6.67 Å². The van der Waals surface area contributed by atoms with E-state index in [1.165, 1.54) is 0 Å². The lowest BCUT2D eigenvalue weighted by atomic mass is 10.2. The van der Waals surface area contributed by atoms with Crippen LogP contribution in [0, 0.1) is 6.92 Å². The van der Waals surface area contributed by atoms with Crippen molar-refractivity contribution >= 4 is 46.4 Å². The van der Waals surface area contributed by atoms with Crippen molar-refractivity contribution in [1.82, 2.24) is 5.32 Å². The highest BCUT2D eigenvalue weighted by molar-refractivity contribution is 6.76. The van der Waals surface area contributed by atoms with Crippen molar-refractivity contribution in [3.63, 3.8) is 0 Å². The van der Waals surface area contributed by atoms with E-state index in [2.05, 4.69) is 10.6 Å². The molecule has 16 heavy (non-hydrogen) atoms. The zero-order valence-electron chi connectivity index (χ0n) is 8.56. The Bertz CT molecular complexity index is 359. The van der Waals surface area contributed by atoms with E-state index in [4.69, 9.17) is 34.8 Å². The van der Waals surface area contributed by atoms with E-state index in [9.17, 15) is 4.79 Å². The van der Waals surface area contributed by atoms with Crippen LogP contribution in [0.2, 0.25) is 0 Å². The second kappa shape index (κ2) is 5.62. The Morgan fingerprint density at radius 1 is 1.25 bits per heavy atom. The molecule has 6 heteroatoms. The molecule has 0 spiro atoms. The van der Waals surface area contributed by atoms with Crippen LogP contribution in [-0.2, 0) is 4.79 Å². The van der Waals surface area contributed by atoms with Gasteiger partial charge in [0.2, 0.25) is 0 Å². The summed E-state index contributed by atoms with van der Waals surface area (Å²) in [6.07, 6.45) is 0. The Morgan fingerprint density at radius 2 is 1.81 bits per heavy atom. The third kappa shape index (κ3) is 4.47. The van der Waals surface area contributed by atoms with Crippen LogP contribution in [-0.4, -0.2) is 16.4 Å². The molecule has 0 aliphatic heterocycles. The quantitative estimate of drug-likeness (QED) is 0.661. The van der Waals surface area contributed by atoms with Gasteiger partial charge in [-0.1, -0.05) is 52.5 Å². The number of carbonyl (C=O) groups excluding carboxylic acids is 1. The second-order valence-corrected chi connectivity index (χ2v) is 5.50. The maximum absolute atomic E-state index is 11.2. The lowest BCUT2D eigenvalue weighted by Crippen LogP contribution is -2.37. The van der Waals surface area contributed by atoms with Crippen LogP contribution in [0.25, 0.3) is 0 Å². The van der Waals surface area contributed by atoms with Crippen LogP contribution in [0.1, 0.15) is 5.56 Å². The van der Waals surface area contributed by atoms with E-state index in [0.717, 1.165) is 11.3 Å². The molecule has 3 nitrogen and oxygen atoms in total. The normalized spacial score (nSPS) is 11.0. The first-order valence-electron chi connectivity index (χ1n) is 4.55. The summed E-state index contributed by atoms with van der Waals surface area (Å²) < 4.78 is -1.92. The number of rotatable bonds is 3. The zero-order chi connectivity index (χ0) is 12.2. The third-order valence-electron chi connectivity index (χ3n) is 1.85. The number of halogens is 3. The van der Waals surface area contributed by atoms with E-state index in [1.807, 2.05) is 31.2 Å².